The number of benzene rings is 1. The maximum atomic E-state index is 11.4. The van der Waals surface area contributed by atoms with Crippen molar-refractivity contribution in [2.24, 2.45) is 0 Å². The largest absolute Gasteiger partial charge is 0.282 e. The van der Waals surface area contributed by atoms with Gasteiger partial charge in [-0.15, -0.1) is 0 Å². The Morgan fingerprint density at radius 3 is 2.53 bits per heavy atom. The summed E-state index contributed by atoms with van der Waals surface area (Å²) in [5.41, 5.74) is 0.507. The second-order valence-electron chi connectivity index (χ2n) is 3.38. The molecule has 0 saturated carbocycles. The number of aryl methyl sites for hydroxylation is 1. The summed E-state index contributed by atoms with van der Waals surface area (Å²) in [5.74, 6) is -0.0961. The highest BCUT2D eigenvalue weighted by Gasteiger charge is 2.17. The van der Waals surface area contributed by atoms with Crippen molar-refractivity contribution in [3.05, 3.63) is 32.3 Å². The Balaban J connectivity index is 3.26. The number of anilines is 1. The van der Waals surface area contributed by atoms with E-state index < -0.39 is 14.9 Å². The van der Waals surface area contributed by atoms with Crippen LogP contribution >= 0.6 is 15.9 Å². The highest BCUT2D eigenvalue weighted by molar-refractivity contribution is 9.10. The van der Waals surface area contributed by atoms with Gasteiger partial charge < -0.3 is 0 Å². The second kappa shape index (κ2) is 5.01. The van der Waals surface area contributed by atoms with Gasteiger partial charge in [0.25, 0.3) is 5.69 Å². The molecule has 1 aromatic carbocycles. The summed E-state index contributed by atoms with van der Waals surface area (Å²) in [6, 6.07) is 2.71. The van der Waals surface area contributed by atoms with Crippen LogP contribution in [-0.2, 0) is 10.0 Å². The zero-order valence-corrected chi connectivity index (χ0v) is 11.6. The smallest absolute Gasteiger partial charge is 0.274 e. The number of nitrogens with zero attached hydrogens (tertiary/aromatic N) is 1. The Hall–Kier alpha value is -1.15. The lowest BCUT2D eigenvalue weighted by molar-refractivity contribution is -0.385. The van der Waals surface area contributed by atoms with E-state index in [1.165, 1.54) is 19.1 Å². The van der Waals surface area contributed by atoms with Crippen molar-refractivity contribution >= 4 is 37.3 Å². The van der Waals surface area contributed by atoms with Crippen molar-refractivity contribution in [3.8, 4) is 0 Å². The number of halogens is 1. The summed E-state index contributed by atoms with van der Waals surface area (Å²) in [6.07, 6.45) is 0. The van der Waals surface area contributed by atoms with Crippen molar-refractivity contribution in [2.75, 3.05) is 10.5 Å². The number of rotatable bonds is 4. The van der Waals surface area contributed by atoms with Crippen molar-refractivity contribution in [1.82, 2.24) is 0 Å². The Morgan fingerprint density at radius 2 is 2.06 bits per heavy atom. The van der Waals surface area contributed by atoms with Gasteiger partial charge >= 0.3 is 0 Å². The van der Waals surface area contributed by atoms with Gasteiger partial charge in [-0.25, -0.2) is 8.42 Å². The highest BCUT2D eigenvalue weighted by atomic mass is 79.9. The van der Waals surface area contributed by atoms with Crippen LogP contribution in [0.3, 0.4) is 0 Å². The second-order valence-corrected chi connectivity index (χ2v) is 6.25. The molecule has 1 aromatic rings. The summed E-state index contributed by atoms with van der Waals surface area (Å²) in [4.78, 5) is 10.2. The van der Waals surface area contributed by atoms with Gasteiger partial charge in [0.05, 0.1) is 16.4 Å². The lowest BCUT2D eigenvalue weighted by atomic mass is 10.2. The van der Waals surface area contributed by atoms with Crippen LogP contribution in [0.1, 0.15) is 12.5 Å². The molecule has 0 saturated heterocycles. The normalized spacial score (nSPS) is 11.2. The van der Waals surface area contributed by atoms with E-state index in [1.807, 2.05) is 0 Å². The number of hydrogen-bond acceptors (Lipinski definition) is 4. The fraction of sp³-hybridized carbons (Fsp3) is 0.333. The van der Waals surface area contributed by atoms with Crippen molar-refractivity contribution in [1.29, 1.82) is 0 Å². The van der Waals surface area contributed by atoms with Crippen molar-refractivity contribution in [2.45, 2.75) is 13.8 Å². The molecule has 0 heterocycles. The standard InChI is InChI=1S/C9H11BrN2O4S/c1-3-17(15,16)11-8-5-9(12(13)14)6(2)4-7(8)10/h4-5,11H,3H2,1-2H3. The Morgan fingerprint density at radius 1 is 1.47 bits per heavy atom. The van der Waals surface area contributed by atoms with E-state index in [0.717, 1.165) is 0 Å². The predicted octanol–water partition coefficient (Wildman–Crippen LogP) is 2.43. The zero-order valence-electron chi connectivity index (χ0n) is 9.23. The van der Waals surface area contributed by atoms with Crippen LogP contribution < -0.4 is 4.72 Å². The maximum absolute atomic E-state index is 11.4. The molecule has 0 aliphatic heterocycles. The number of nitro benzene ring substituents is 1. The van der Waals surface area contributed by atoms with Crippen molar-refractivity contribution in [3.63, 3.8) is 0 Å². The average molecular weight is 323 g/mol. The molecule has 94 valence electrons. The van der Waals surface area contributed by atoms with Crippen LogP contribution in [0.4, 0.5) is 11.4 Å². The van der Waals surface area contributed by atoms with E-state index in [2.05, 4.69) is 20.7 Å². The molecule has 0 aliphatic carbocycles. The van der Waals surface area contributed by atoms with Gasteiger partial charge in [-0.05, 0) is 35.8 Å². The number of sulfonamides is 1. The highest BCUT2D eigenvalue weighted by Crippen LogP contribution is 2.31. The third kappa shape index (κ3) is 3.40. The first-order chi connectivity index (χ1) is 7.76. The summed E-state index contributed by atoms with van der Waals surface area (Å²) < 4.78 is 25.5. The maximum Gasteiger partial charge on any atom is 0.274 e. The first kappa shape index (κ1) is 13.9. The van der Waals surface area contributed by atoms with Gasteiger partial charge in [0.2, 0.25) is 10.0 Å². The minimum atomic E-state index is -3.45. The minimum Gasteiger partial charge on any atom is -0.282 e. The molecular weight excluding hydrogens is 312 g/mol. The fourth-order valence-electron chi connectivity index (χ4n) is 1.18. The first-order valence-corrected chi connectivity index (χ1v) is 7.16. The molecule has 0 atom stereocenters. The molecule has 0 aliphatic rings. The van der Waals surface area contributed by atoms with Gasteiger partial charge in [0.15, 0.2) is 0 Å². The fourth-order valence-corrected chi connectivity index (χ4v) is 2.51. The number of nitrogens with one attached hydrogen (secondary N) is 1. The third-order valence-electron chi connectivity index (χ3n) is 2.13. The molecule has 0 aromatic heterocycles. The summed E-state index contributed by atoms with van der Waals surface area (Å²) in [5, 5.41) is 10.7. The van der Waals surface area contributed by atoms with Crippen LogP contribution in [0, 0.1) is 17.0 Å². The van der Waals surface area contributed by atoms with Gasteiger partial charge in [-0.3, -0.25) is 14.8 Å². The SMILES string of the molecule is CCS(=O)(=O)Nc1cc([N+](=O)[O-])c(C)cc1Br. The van der Waals surface area contributed by atoms with Gasteiger partial charge in [0, 0.05) is 16.1 Å². The molecule has 0 bridgehead atoms. The Bertz CT molecular complexity index is 556. The quantitative estimate of drug-likeness (QED) is 0.681. The molecule has 0 amide bonds. The van der Waals surface area contributed by atoms with E-state index in [4.69, 9.17) is 0 Å². The lowest BCUT2D eigenvalue weighted by Gasteiger charge is -2.09. The molecule has 17 heavy (non-hydrogen) atoms. The summed E-state index contributed by atoms with van der Waals surface area (Å²) in [6.45, 7) is 3.07. The number of nitro groups is 1. The molecule has 8 heteroatoms. The molecule has 0 fully saturated rings. The summed E-state index contributed by atoms with van der Waals surface area (Å²) in [7, 11) is -3.45. The number of hydrogen-bond donors (Lipinski definition) is 1. The predicted molar refractivity (Wildman–Crippen MR) is 68.6 cm³/mol. The van der Waals surface area contributed by atoms with Gasteiger partial charge in [-0.2, -0.15) is 0 Å². The van der Waals surface area contributed by atoms with Crippen LogP contribution in [0.15, 0.2) is 16.6 Å². The van der Waals surface area contributed by atoms with Gasteiger partial charge in [0.1, 0.15) is 0 Å². The van der Waals surface area contributed by atoms with E-state index in [9.17, 15) is 18.5 Å². The molecule has 0 spiro atoms. The molecule has 0 unspecified atom stereocenters. The minimum absolute atomic E-state index is 0.0961. The first-order valence-electron chi connectivity index (χ1n) is 4.72. The molecule has 1 N–H and O–H groups in total. The van der Waals surface area contributed by atoms with Crippen LogP contribution in [0.2, 0.25) is 0 Å². The van der Waals surface area contributed by atoms with Crippen LogP contribution in [-0.4, -0.2) is 19.1 Å². The van der Waals surface area contributed by atoms with E-state index in [-0.39, 0.29) is 17.1 Å². The van der Waals surface area contributed by atoms with Crippen LogP contribution in [0.25, 0.3) is 0 Å². The zero-order chi connectivity index (χ0) is 13.2. The Labute approximate surface area is 107 Å². The van der Waals surface area contributed by atoms with Crippen molar-refractivity contribution < 1.29 is 13.3 Å². The van der Waals surface area contributed by atoms with E-state index in [1.54, 1.807) is 6.92 Å². The molecule has 0 radical (unpaired) electrons. The molecular formula is C9H11BrN2O4S. The van der Waals surface area contributed by atoms with Crippen LogP contribution in [0.5, 0.6) is 0 Å². The summed E-state index contributed by atoms with van der Waals surface area (Å²) >= 11 is 3.16. The van der Waals surface area contributed by atoms with E-state index in [0.29, 0.717) is 10.0 Å². The topological polar surface area (TPSA) is 89.3 Å². The molecule has 1 rings (SSSR count). The average Bonchev–Trinajstić information content (AvgIpc) is 2.21. The lowest BCUT2D eigenvalue weighted by Crippen LogP contribution is -2.15. The molecule has 6 nitrogen and oxygen atoms in total. The monoisotopic (exact) mass is 322 g/mol. The van der Waals surface area contributed by atoms with Gasteiger partial charge in [-0.1, -0.05) is 0 Å². The Kier molecular flexibility index (Phi) is 4.10. The third-order valence-corrected chi connectivity index (χ3v) is 4.07. The van der Waals surface area contributed by atoms with E-state index >= 15 is 0 Å².